The number of rotatable bonds is 6. The Labute approximate surface area is 197 Å². The first-order valence-corrected chi connectivity index (χ1v) is 10.2. The zero-order valence-corrected chi connectivity index (χ0v) is 18.0. The molecule has 0 saturated carbocycles. The monoisotopic (exact) mass is 476 g/mol. The van der Waals surface area contributed by atoms with Crippen molar-refractivity contribution in [3.8, 4) is 22.8 Å². The molecule has 2 aromatic heterocycles. The van der Waals surface area contributed by atoms with Crippen LogP contribution in [-0.4, -0.2) is 26.8 Å². The van der Waals surface area contributed by atoms with E-state index in [0.29, 0.717) is 17.0 Å². The van der Waals surface area contributed by atoms with Gasteiger partial charge in [-0.3, -0.25) is 14.6 Å². The van der Waals surface area contributed by atoms with Crippen LogP contribution in [0.4, 0.5) is 20.2 Å². The average molecular weight is 476 g/mol. The molecule has 0 spiro atoms. The lowest BCUT2D eigenvalue weighted by molar-refractivity contribution is -0.133. The Morgan fingerprint density at radius 1 is 0.943 bits per heavy atom. The topological polar surface area (TPSA) is 135 Å². The van der Waals surface area contributed by atoms with Crippen LogP contribution in [0.15, 0.2) is 73.5 Å². The second kappa shape index (κ2) is 10.3. The summed E-state index contributed by atoms with van der Waals surface area (Å²) in [6.07, 6.45) is 7.47. The Morgan fingerprint density at radius 3 is 2.31 bits per heavy atom. The molecule has 0 unspecified atom stereocenters. The maximum atomic E-state index is 14.8. The van der Waals surface area contributed by atoms with E-state index in [2.05, 4.69) is 25.6 Å². The number of aromatic nitrogens is 3. The first-order valence-electron chi connectivity index (χ1n) is 10.2. The minimum absolute atomic E-state index is 0.0283. The molecule has 4 aromatic rings. The number of nitrogens with one attached hydrogen (secondary N) is 3. The molecular weight excluding hydrogens is 458 g/mol. The summed E-state index contributed by atoms with van der Waals surface area (Å²) in [5.74, 6) is -3.23. The number of H-pyrrole nitrogens is 1. The third-order valence-corrected chi connectivity index (χ3v) is 4.66. The summed E-state index contributed by atoms with van der Waals surface area (Å²) >= 11 is 0. The van der Waals surface area contributed by atoms with Gasteiger partial charge in [-0.1, -0.05) is 0 Å². The second-order valence-electron chi connectivity index (χ2n) is 7.09. The Hall–Kier alpha value is -5.06. The van der Waals surface area contributed by atoms with Crippen molar-refractivity contribution < 1.29 is 23.1 Å². The molecule has 0 saturated heterocycles. The number of aromatic amines is 1. The molecule has 0 bridgehead atoms. The minimum atomic E-state index is -1.03. The van der Waals surface area contributed by atoms with Gasteiger partial charge in [0.1, 0.15) is 11.5 Å². The lowest BCUT2D eigenvalue weighted by Crippen LogP contribution is -2.29. The predicted molar refractivity (Wildman–Crippen MR) is 125 cm³/mol. The number of anilines is 2. The second-order valence-corrected chi connectivity index (χ2v) is 7.09. The van der Waals surface area contributed by atoms with Gasteiger partial charge in [0.05, 0.1) is 18.2 Å². The molecule has 0 aliphatic heterocycles. The first kappa shape index (κ1) is 23.1. The molecule has 11 heteroatoms. The number of carbonyl (C=O) groups excluding carboxylic acids is 2. The van der Waals surface area contributed by atoms with Gasteiger partial charge in [0.25, 0.3) is 0 Å². The molecule has 9 nitrogen and oxygen atoms in total. The largest absolute Gasteiger partial charge is 0.452 e. The molecule has 0 radical (unpaired) electrons. The fourth-order valence-electron chi connectivity index (χ4n) is 3.00. The molecular formula is C24H18F2N6O3. The highest BCUT2D eigenvalue weighted by atomic mass is 19.1. The number of pyridine rings is 1. The molecule has 176 valence electrons. The highest BCUT2D eigenvalue weighted by Gasteiger charge is 2.16. The van der Waals surface area contributed by atoms with Crippen molar-refractivity contribution in [1.82, 2.24) is 15.0 Å². The van der Waals surface area contributed by atoms with E-state index in [-0.39, 0.29) is 22.9 Å². The van der Waals surface area contributed by atoms with E-state index in [0.717, 1.165) is 18.2 Å². The van der Waals surface area contributed by atoms with Crippen LogP contribution in [0, 0.1) is 11.6 Å². The van der Waals surface area contributed by atoms with Crippen molar-refractivity contribution in [3.63, 3.8) is 0 Å². The number of carbonyl (C=O) groups is 2. The normalized spacial score (nSPS) is 10.8. The smallest absolute Gasteiger partial charge is 0.314 e. The van der Waals surface area contributed by atoms with Crippen molar-refractivity contribution in [1.29, 1.82) is 0 Å². The van der Waals surface area contributed by atoms with Gasteiger partial charge in [-0.25, -0.2) is 13.8 Å². The Morgan fingerprint density at radius 2 is 1.66 bits per heavy atom. The highest BCUT2D eigenvalue weighted by molar-refractivity contribution is 6.43. The van der Waals surface area contributed by atoms with Gasteiger partial charge in [0, 0.05) is 29.2 Å². The van der Waals surface area contributed by atoms with E-state index in [1.807, 2.05) is 0 Å². The molecule has 4 rings (SSSR count). The molecule has 0 atom stereocenters. The molecule has 35 heavy (non-hydrogen) atoms. The van der Waals surface area contributed by atoms with Crippen LogP contribution in [-0.2, 0) is 9.59 Å². The number of hydrogen-bond donors (Lipinski definition) is 4. The van der Waals surface area contributed by atoms with E-state index >= 15 is 0 Å². The molecule has 0 aliphatic rings. The van der Waals surface area contributed by atoms with E-state index < -0.39 is 23.4 Å². The highest BCUT2D eigenvalue weighted by Crippen LogP contribution is 2.31. The van der Waals surface area contributed by atoms with Crippen LogP contribution in [0.5, 0.6) is 11.5 Å². The van der Waals surface area contributed by atoms with Crippen LogP contribution in [0.2, 0.25) is 0 Å². The zero-order valence-electron chi connectivity index (χ0n) is 18.0. The van der Waals surface area contributed by atoms with Crippen LogP contribution >= 0.6 is 0 Å². The number of imidazole rings is 1. The maximum absolute atomic E-state index is 14.8. The van der Waals surface area contributed by atoms with E-state index in [4.69, 9.17) is 10.5 Å². The van der Waals surface area contributed by atoms with E-state index in [1.54, 1.807) is 18.5 Å². The van der Waals surface area contributed by atoms with Gasteiger partial charge in [-0.2, -0.15) is 0 Å². The van der Waals surface area contributed by atoms with Crippen molar-refractivity contribution in [2.75, 3.05) is 10.6 Å². The van der Waals surface area contributed by atoms with Gasteiger partial charge < -0.3 is 26.1 Å². The van der Waals surface area contributed by atoms with Gasteiger partial charge in [0.2, 0.25) is 0 Å². The molecule has 0 fully saturated rings. The summed E-state index contributed by atoms with van der Waals surface area (Å²) in [4.78, 5) is 35.4. The fraction of sp³-hybridized carbons (Fsp3) is 0. The van der Waals surface area contributed by atoms with Crippen LogP contribution < -0.4 is 21.1 Å². The quantitative estimate of drug-likeness (QED) is 0.310. The Bertz CT molecular complexity index is 1390. The first-order chi connectivity index (χ1) is 16.9. The van der Waals surface area contributed by atoms with E-state index in [9.17, 15) is 18.4 Å². The molecule has 0 aliphatic carbocycles. The number of nitrogens with two attached hydrogens (primary N) is 1. The van der Waals surface area contributed by atoms with E-state index in [1.165, 1.54) is 42.9 Å². The number of amides is 2. The lowest BCUT2D eigenvalue weighted by atomic mass is 10.2. The van der Waals surface area contributed by atoms with Crippen molar-refractivity contribution >= 4 is 29.3 Å². The fourth-order valence-corrected chi connectivity index (χ4v) is 3.00. The summed E-state index contributed by atoms with van der Waals surface area (Å²) in [5, 5.41) is 4.61. The van der Waals surface area contributed by atoms with Crippen LogP contribution in [0.25, 0.3) is 17.3 Å². The van der Waals surface area contributed by atoms with Gasteiger partial charge in [-0.05, 0) is 54.7 Å². The van der Waals surface area contributed by atoms with Crippen molar-refractivity contribution in [2.24, 2.45) is 5.73 Å². The Balaban J connectivity index is 1.48. The third-order valence-electron chi connectivity index (χ3n) is 4.66. The van der Waals surface area contributed by atoms with Crippen LogP contribution in [0.3, 0.4) is 0 Å². The summed E-state index contributed by atoms with van der Waals surface area (Å²) < 4.78 is 33.5. The number of nitrogens with zero attached hydrogens (tertiary/aromatic N) is 2. The van der Waals surface area contributed by atoms with Crippen molar-refractivity contribution in [2.45, 2.75) is 0 Å². The number of halogens is 2. The lowest BCUT2D eigenvalue weighted by Gasteiger charge is -2.12. The predicted octanol–water partition coefficient (Wildman–Crippen LogP) is 4.05. The van der Waals surface area contributed by atoms with Crippen LogP contribution in [0.1, 0.15) is 5.69 Å². The summed E-state index contributed by atoms with van der Waals surface area (Å²) in [6.45, 7) is 0. The van der Waals surface area contributed by atoms with Gasteiger partial charge in [0.15, 0.2) is 17.3 Å². The molecule has 2 heterocycles. The summed E-state index contributed by atoms with van der Waals surface area (Å²) in [5.41, 5.74) is 7.44. The standard InChI is InChI=1S/C24H18F2N6O3/c25-15-1-3-16(4-2-15)31-23(33)24(34)32-17-5-6-21(18(26)10-17)35-22-9-14(20-12-28-13-30-20)11-29-19(22)7-8-27/h1-13H,27H2,(H,28,30)(H,31,33)(H,32,34). The zero-order chi connectivity index (χ0) is 24.8. The SMILES string of the molecule is NC=Cc1ncc(-c2cnc[nH]2)cc1Oc1ccc(NC(=O)C(=O)Nc2ccc(F)cc2)cc1F. The van der Waals surface area contributed by atoms with Gasteiger partial charge >= 0.3 is 11.8 Å². The number of hydrogen-bond acceptors (Lipinski definition) is 6. The molecule has 2 aromatic carbocycles. The number of ether oxygens (including phenoxy) is 1. The summed E-state index contributed by atoms with van der Waals surface area (Å²) in [6, 6.07) is 10.2. The summed E-state index contributed by atoms with van der Waals surface area (Å²) in [7, 11) is 0. The van der Waals surface area contributed by atoms with Crippen molar-refractivity contribution in [3.05, 3.63) is 90.8 Å². The third kappa shape index (κ3) is 5.66. The van der Waals surface area contributed by atoms with Gasteiger partial charge in [-0.15, -0.1) is 0 Å². The minimum Gasteiger partial charge on any atom is -0.452 e. The molecule has 2 amide bonds. The number of benzene rings is 2. The average Bonchev–Trinajstić information content (AvgIpc) is 3.38. The molecule has 5 N–H and O–H groups in total. The maximum Gasteiger partial charge on any atom is 0.314 e. The Kier molecular flexibility index (Phi) is 6.77.